The van der Waals surface area contributed by atoms with Crippen LogP contribution in [-0.2, 0) is 11.3 Å². The standard InChI is InChI=1S/C14H24N4O2/c1-2-3-9-20-10-5-7-16-11-12-6-4-8-17-13(12)14(15)18-19/h4,6,8,16,19H,2-3,5,7,9-11H2,1H3,(H2,15,18). The molecule has 1 aromatic rings. The molecule has 0 unspecified atom stereocenters. The van der Waals surface area contributed by atoms with E-state index in [2.05, 4.69) is 22.4 Å². The van der Waals surface area contributed by atoms with Crippen LogP contribution in [0, 0.1) is 0 Å². The number of unbranched alkanes of at least 4 members (excludes halogenated alkanes) is 1. The Morgan fingerprint density at radius 3 is 3.00 bits per heavy atom. The maximum Gasteiger partial charge on any atom is 0.189 e. The van der Waals surface area contributed by atoms with Crippen molar-refractivity contribution in [2.24, 2.45) is 10.9 Å². The lowest BCUT2D eigenvalue weighted by Crippen LogP contribution is -2.22. The van der Waals surface area contributed by atoms with Crippen LogP contribution in [0.5, 0.6) is 0 Å². The summed E-state index contributed by atoms with van der Waals surface area (Å²) in [6, 6.07) is 3.74. The molecule has 112 valence electrons. The first-order valence-electron chi connectivity index (χ1n) is 6.99. The molecule has 0 bridgehead atoms. The Morgan fingerprint density at radius 1 is 1.45 bits per heavy atom. The zero-order valence-electron chi connectivity index (χ0n) is 12.0. The highest BCUT2D eigenvalue weighted by molar-refractivity contribution is 5.96. The Labute approximate surface area is 120 Å². The van der Waals surface area contributed by atoms with Gasteiger partial charge in [0.25, 0.3) is 0 Å². The summed E-state index contributed by atoms with van der Waals surface area (Å²) in [6.45, 7) is 5.25. The number of rotatable bonds is 10. The zero-order valence-corrected chi connectivity index (χ0v) is 12.0. The summed E-state index contributed by atoms with van der Waals surface area (Å²) in [5.74, 6) is 0.0327. The number of hydrogen-bond acceptors (Lipinski definition) is 5. The zero-order chi connectivity index (χ0) is 14.6. The predicted molar refractivity (Wildman–Crippen MR) is 78.8 cm³/mol. The minimum absolute atomic E-state index is 0.0327. The van der Waals surface area contributed by atoms with Gasteiger partial charge in [-0.25, -0.2) is 0 Å². The van der Waals surface area contributed by atoms with Crippen molar-refractivity contribution in [1.82, 2.24) is 10.3 Å². The van der Waals surface area contributed by atoms with E-state index in [1.54, 1.807) is 6.20 Å². The van der Waals surface area contributed by atoms with Gasteiger partial charge in [-0.3, -0.25) is 4.98 Å². The molecule has 0 aliphatic heterocycles. The number of nitrogens with two attached hydrogens (primary N) is 1. The molecule has 0 saturated heterocycles. The van der Waals surface area contributed by atoms with E-state index in [9.17, 15) is 0 Å². The average Bonchev–Trinajstić information content (AvgIpc) is 2.49. The normalized spacial score (nSPS) is 11.8. The van der Waals surface area contributed by atoms with Crippen molar-refractivity contribution in [2.75, 3.05) is 19.8 Å². The lowest BCUT2D eigenvalue weighted by molar-refractivity contribution is 0.129. The quantitative estimate of drug-likeness (QED) is 0.198. The van der Waals surface area contributed by atoms with Crippen molar-refractivity contribution in [3.8, 4) is 0 Å². The van der Waals surface area contributed by atoms with E-state index in [1.807, 2.05) is 12.1 Å². The third-order valence-electron chi connectivity index (χ3n) is 2.84. The summed E-state index contributed by atoms with van der Waals surface area (Å²) in [5, 5.41) is 15.0. The van der Waals surface area contributed by atoms with E-state index in [0.29, 0.717) is 12.2 Å². The maximum absolute atomic E-state index is 8.71. The van der Waals surface area contributed by atoms with Crippen molar-refractivity contribution in [2.45, 2.75) is 32.7 Å². The Hall–Kier alpha value is -1.66. The van der Waals surface area contributed by atoms with Crippen molar-refractivity contribution in [1.29, 1.82) is 0 Å². The van der Waals surface area contributed by atoms with Crippen LogP contribution in [0.4, 0.5) is 0 Å². The second kappa shape index (κ2) is 10.2. The minimum atomic E-state index is 0.0327. The highest BCUT2D eigenvalue weighted by Crippen LogP contribution is 2.04. The third-order valence-corrected chi connectivity index (χ3v) is 2.84. The first-order chi connectivity index (χ1) is 9.79. The van der Waals surface area contributed by atoms with Gasteiger partial charge in [-0.1, -0.05) is 24.6 Å². The van der Waals surface area contributed by atoms with Crippen LogP contribution in [-0.4, -0.2) is 35.8 Å². The number of nitrogens with one attached hydrogen (secondary N) is 1. The van der Waals surface area contributed by atoms with Crippen molar-refractivity contribution < 1.29 is 9.94 Å². The van der Waals surface area contributed by atoms with Crippen LogP contribution in [0.3, 0.4) is 0 Å². The van der Waals surface area contributed by atoms with Crippen LogP contribution < -0.4 is 11.1 Å². The topological polar surface area (TPSA) is 92.8 Å². The first kappa shape index (κ1) is 16.4. The van der Waals surface area contributed by atoms with Gasteiger partial charge in [0.2, 0.25) is 0 Å². The van der Waals surface area contributed by atoms with Crippen molar-refractivity contribution >= 4 is 5.84 Å². The van der Waals surface area contributed by atoms with Gasteiger partial charge in [0.15, 0.2) is 5.84 Å². The second-order valence-corrected chi connectivity index (χ2v) is 4.49. The van der Waals surface area contributed by atoms with Gasteiger partial charge in [0.1, 0.15) is 5.69 Å². The molecule has 0 amide bonds. The SMILES string of the molecule is CCCCOCCCNCc1cccnc1/C(N)=N/O. The molecule has 4 N–H and O–H groups in total. The van der Waals surface area contributed by atoms with Gasteiger partial charge in [-0.05, 0) is 31.0 Å². The molecule has 20 heavy (non-hydrogen) atoms. The average molecular weight is 280 g/mol. The van der Waals surface area contributed by atoms with E-state index in [1.165, 1.54) is 0 Å². The Balaban J connectivity index is 2.25. The summed E-state index contributed by atoms with van der Waals surface area (Å²) >= 11 is 0. The molecule has 0 radical (unpaired) electrons. The number of amidine groups is 1. The monoisotopic (exact) mass is 280 g/mol. The van der Waals surface area contributed by atoms with E-state index in [4.69, 9.17) is 15.7 Å². The van der Waals surface area contributed by atoms with Crippen LogP contribution in [0.15, 0.2) is 23.5 Å². The van der Waals surface area contributed by atoms with E-state index in [0.717, 1.165) is 44.6 Å². The van der Waals surface area contributed by atoms with Gasteiger partial charge in [0, 0.05) is 26.0 Å². The number of aromatic nitrogens is 1. The lowest BCUT2D eigenvalue weighted by atomic mass is 10.2. The predicted octanol–water partition coefficient (Wildman–Crippen LogP) is 1.47. The van der Waals surface area contributed by atoms with Crippen LogP contribution in [0.2, 0.25) is 0 Å². The molecule has 1 heterocycles. The molecular weight excluding hydrogens is 256 g/mol. The lowest BCUT2D eigenvalue weighted by Gasteiger charge is -2.08. The number of hydrogen-bond donors (Lipinski definition) is 3. The molecule has 0 aliphatic rings. The fourth-order valence-electron chi connectivity index (χ4n) is 1.73. The molecule has 6 heteroatoms. The Morgan fingerprint density at radius 2 is 2.25 bits per heavy atom. The largest absolute Gasteiger partial charge is 0.409 e. The molecule has 0 aromatic carbocycles. The fourth-order valence-corrected chi connectivity index (χ4v) is 1.73. The summed E-state index contributed by atoms with van der Waals surface area (Å²) in [4.78, 5) is 4.12. The second-order valence-electron chi connectivity index (χ2n) is 4.49. The molecule has 0 aliphatic carbocycles. The molecule has 0 fully saturated rings. The van der Waals surface area contributed by atoms with E-state index < -0.39 is 0 Å². The number of nitrogens with zero attached hydrogens (tertiary/aromatic N) is 2. The Bertz CT molecular complexity index is 410. The van der Waals surface area contributed by atoms with E-state index in [-0.39, 0.29) is 5.84 Å². The van der Waals surface area contributed by atoms with Gasteiger partial charge < -0.3 is 21.0 Å². The van der Waals surface area contributed by atoms with E-state index >= 15 is 0 Å². The van der Waals surface area contributed by atoms with Crippen LogP contribution in [0.1, 0.15) is 37.4 Å². The molecule has 0 saturated carbocycles. The van der Waals surface area contributed by atoms with Crippen LogP contribution in [0.25, 0.3) is 0 Å². The van der Waals surface area contributed by atoms with Gasteiger partial charge in [-0.15, -0.1) is 0 Å². The molecule has 6 nitrogen and oxygen atoms in total. The van der Waals surface area contributed by atoms with Crippen LogP contribution >= 0.6 is 0 Å². The third kappa shape index (κ3) is 5.99. The fraction of sp³-hybridized carbons (Fsp3) is 0.571. The minimum Gasteiger partial charge on any atom is -0.409 e. The van der Waals surface area contributed by atoms with Gasteiger partial charge in [0.05, 0.1) is 0 Å². The number of oxime groups is 1. The first-order valence-corrected chi connectivity index (χ1v) is 6.99. The molecule has 0 atom stereocenters. The Kier molecular flexibility index (Phi) is 8.33. The molecule has 1 aromatic heterocycles. The summed E-state index contributed by atoms with van der Waals surface area (Å²) < 4.78 is 5.48. The van der Waals surface area contributed by atoms with Crippen molar-refractivity contribution in [3.63, 3.8) is 0 Å². The number of pyridine rings is 1. The molecule has 1 rings (SSSR count). The highest BCUT2D eigenvalue weighted by Gasteiger charge is 2.07. The summed E-state index contributed by atoms with van der Waals surface area (Å²) in [6.07, 6.45) is 4.86. The molecule has 0 spiro atoms. The summed E-state index contributed by atoms with van der Waals surface area (Å²) in [7, 11) is 0. The molecular formula is C14H24N4O2. The number of ether oxygens (including phenoxy) is 1. The van der Waals surface area contributed by atoms with Crippen molar-refractivity contribution in [3.05, 3.63) is 29.6 Å². The highest BCUT2D eigenvalue weighted by atomic mass is 16.5. The summed E-state index contributed by atoms with van der Waals surface area (Å²) in [5.41, 5.74) is 7.01. The van der Waals surface area contributed by atoms with Gasteiger partial charge >= 0.3 is 0 Å². The smallest absolute Gasteiger partial charge is 0.189 e. The van der Waals surface area contributed by atoms with Gasteiger partial charge in [-0.2, -0.15) is 0 Å². The maximum atomic E-state index is 8.71.